The fourth-order valence-corrected chi connectivity index (χ4v) is 3.55. The maximum Gasteiger partial charge on any atom is 0.0721 e. The Kier molecular flexibility index (Phi) is 8.91. The van der Waals surface area contributed by atoms with Gasteiger partial charge in [-0.2, -0.15) is 0 Å². The summed E-state index contributed by atoms with van der Waals surface area (Å²) < 4.78 is 5.67. The second kappa shape index (κ2) is 11.3. The van der Waals surface area contributed by atoms with E-state index in [4.69, 9.17) is 4.74 Å². The van der Waals surface area contributed by atoms with Crippen molar-refractivity contribution >= 4 is 0 Å². The molecule has 0 atom stereocenters. The van der Waals surface area contributed by atoms with E-state index in [1.807, 2.05) is 0 Å². The van der Waals surface area contributed by atoms with Crippen LogP contribution in [-0.4, -0.2) is 6.61 Å². The second-order valence-corrected chi connectivity index (χ2v) is 6.97. The number of hydrogen-bond acceptors (Lipinski definition) is 1. The normalized spacial score (nSPS) is 21.8. The van der Waals surface area contributed by atoms with Gasteiger partial charge in [-0.05, 0) is 67.9 Å². The van der Waals surface area contributed by atoms with Gasteiger partial charge in [-0.15, -0.1) is 0 Å². The van der Waals surface area contributed by atoms with Gasteiger partial charge >= 0.3 is 0 Å². The van der Waals surface area contributed by atoms with Crippen molar-refractivity contribution in [3.05, 3.63) is 59.7 Å². The third kappa shape index (κ3) is 6.65. The average Bonchev–Trinajstić information content (AvgIpc) is 2.63. The molecule has 0 radical (unpaired) electrons. The Balaban J connectivity index is 1.73. The molecule has 0 unspecified atom stereocenters. The van der Waals surface area contributed by atoms with Crippen LogP contribution in [0.1, 0.15) is 75.8 Å². The molecule has 0 bridgehead atoms. The summed E-state index contributed by atoms with van der Waals surface area (Å²) in [5.74, 6) is 1.67. The van der Waals surface area contributed by atoms with Gasteiger partial charge in [-0.3, -0.25) is 0 Å². The number of benzene rings is 1. The summed E-state index contributed by atoms with van der Waals surface area (Å²) in [6.07, 6.45) is 17.9. The topological polar surface area (TPSA) is 9.23 Å². The summed E-state index contributed by atoms with van der Waals surface area (Å²) in [6.45, 7) is 5.78. The second-order valence-electron chi connectivity index (χ2n) is 6.97. The molecule has 0 N–H and O–H groups in total. The molecule has 1 heteroatoms. The van der Waals surface area contributed by atoms with E-state index in [1.54, 1.807) is 0 Å². The van der Waals surface area contributed by atoms with Crippen LogP contribution in [0, 0.1) is 5.92 Å². The van der Waals surface area contributed by atoms with Crippen LogP contribution in [0.5, 0.6) is 0 Å². The van der Waals surface area contributed by atoms with Crippen LogP contribution in [0.2, 0.25) is 0 Å². The third-order valence-corrected chi connectivity index (χ3v) is 5.05. The first kappa shape index (κ1) is 19.0. The van der Waals surface area contributed by atoms with E-state index in [0.717, 1.165) is 18.3 Å². The standard InChI is InChI=1S/C23H34O/c1-3-5-7-9-20-10-14-22(15-11-20)23-16-12-21(13-17-23)19-24-18-8-6-4-2/h5-8,12-13,16-17,20,22H,3-4,9-11,14-15,18-19H2,1-2H3/b7-5+,8-6+. The molecular weight excluding hydrogens is 292 g/mol. The lowest BCUT2D eigenvalue weighted by Crippen LogP contribution is -2.12. The van der Waals surface area contributed by atoms with Crippen molar-refractivity contribution < 1.29 is 4.74 Å². The van der Waals surface area contributed by atoms with Gasteiger partial charge in [0.05, 0.1) is 13.2 Å². The van der Waals surface area contributed by atoms with E-state index < -0.39 is 0 Å². The fraction of sp³-hybridized carbons (Fsp3) is 0.565. The number of allylic oxidation sites excluding steroid dienone is 3. The maximum atomic E-state index is 5.67. The van der Waals surface area contributed by atoms with Crippen molar-refractivity contribution in [2.24, 2.45) is 5.92 Å². The maximum absolute atomic E-state index is 5.67. The van der Waals surface area contributed by atoms with Crippen molar-refractivity contribution in [3.63, 3.8) is 0 Å². The van der Waals surface area contributed by atoms with Gasteiger partial charge in [0.25, 0.3) is 0 Å². The lowest BCUT2D eigenvalue weighted by molar-refractivity contribution is 0.148. The lowest BCUT2D eigenvalue weighted by atomic mass is 9.77. The molecule has 1 fully saturated rings. The molecule has 0 aliphatic heterocycles. The van der Waals surface area contributed by atoms with Crippen LogP contribution in [0.15, 0.2) is 48.6 Å². The Morgan fingerprint density at radius 3 is 2.21 bits per heavy atom. The number of ether oxygens (including phenoxy) is 1. The van der Waals surface area contributed by atoms with Crippen LogP contribution < -0.4 is 0 Å². The predicted octanol–water partition coefficient (Wildman–Crippen LogP) is 6.80. The van der Waals surface area contributed by atoms with Crippen LogP contribution in [0.3, 0.4) is 0 Å². The third-order valence-electron chi connectivity index (χ3n) is 5.05. The van der Waals surface area contributed by atoms with Gasteiger partial charge in [0.1, 0.15) is 0 Å². The zero-order chi connectivity index (χ0) is 17.0. The van der Waals surface area contributed by atoms with Crippen molar-refractivity contribution in [1.82, 2.24) is 0 Å². The van der Waals surface area contributed by atoms with E-state index >= 15 is 0 Å². The van der Waals surface area contributed by atoms with Crippen LogP contribution in [-0.2, 0) is 11.3 Å². The summed E-state index contributed by atoms with van der Waals surface area (Å²) in [5, 5.41) is 0. The zero-order valence-corrected chi connectivity index (χ0v) is 15.5. The molecule has 0 heterocycles. The minimum atomic E-state index is 0.713. The van der Waals surface area contributed by atoms with Crippen molar-refractivity contribution in [3.8, 4) is 0 Å². The molecule has 1 saturated carbocycles. The Morgan fingerprint density at radius 1 is 0.875 bits per heavy atom. The quantitative estimate of drug-likeness (QED) is 0.358. The minimum absolute atomic E-state index is 0.713. The Labute approximate surface area is 148 Å². The molecule has 0 aromatic heterocycles. The molecule has 0 spiro atoms. The Hall–Kier alpha value is -1.34. The van der Waals surface area contributed by atoms with Gasteiger partial charge in [-0.1, -0.05) is 62.4 Å². The van der Waals surface area contributed by atoms with Crippen LogP contribution in [0.25, 0.3) is 0 Å². The van der Waals surface area contributed by atoms with Crippen LogP contribution in [0.4, 0.5) is 0 Å². The van der Waals surface area contributed by atoms with E-state index in [2.05, 4.69) is 62.4 Å². The molecule has 1 nitrogen and oxygen atoms in total. The Morgan fingerprint density at radius 2 is 1.54 bits per heavy atom. The molecule has 2 rings (SSSR count). The molecule has 132 valence electrons. The highest BCUT2D eigenvalue weighted by Crippen LogP contribution is 2.37. The molecule has 1 aromatic rings. The smallest absolute Gasteiger partial charge is 0.0721 e. The predicted molar refractivity (Wildman–Crippen MR) is 104 cm³/mol. The highest BCUT2D eigenvalue weighted by atomic mass is 16.5. The molecule has 24 heavy (non-hydrogen) atoms. The van der Waals surface area contributed by atoms with E-state index in [9.17, 15) is 0 Å². The van der Waals surface area contributed by atoms with Gasteiger partial charge in [0.2, 0.25) is 0 Å². The Bertz CT molecular complexity index is 489. The first-order valence-electron chi connectivity index (χ1n) is 9.80. The highest BCUT2D eigenvalue weighted by molar-refractivity contribution is 5.25. The fourth-order valence-electron chi connectivity index (χ4n) is 3.55. The molecule has 1 aromatic carbocycles. The SMILES string of the molecule is CC/C=C/COCc1ccc(C2CCC(C/C=C/CC)CC2)cc1. The molecule has 1 aliphatic carbocycles. The minimum Gasteiger partial charge on any atom is -0.373 e. The van der Waals surface area contributed by atoms with Gasteiger partial charge in [-0.25, -0.2) is 0 Å². The average molecular weight is 327 g/mol. The summed E-state index contributed by atoms with van der Waals surface area (Å²) in [6, 6.07) is 9.13. The van der Waals surface area contributed by atoms with Crippen molar-refractivity contribution in [2.45, 2.75) is 71.3 Å². The molecular formula is C23H34O. The van der Waals surface area contributed by atoms with Gasteiger partial charge < -0.3 is 4.74 Å². The molecule has 0 amide bonds. The summed E-state index contributed by atoms with van der Waals surface area (Å²) in [4.78, 5) is 0. The molecule has 0 saturated heterocycles. The van der Waals surface area contributed by atoms with Crippen molar-refractivity contribution in [1.29, 1.82) is 0 Å². The van der Waals surface area contributed by atoms with E-state index in [0.29, 0.717) is 13.2 Å². The van der Waals surface area contributed by atoms with Gasteiger partial charge in [0, 0.05) is 0 Å². The van der Waals surface area contributed by atoms with Crippen LogP contribution >= 0.6 is 0 Å². The largest absolute Gasteiger partial charge is 0.373 e. The zero-order valence-electron chi connectivity index (χ0n) is 15.5. The number of rotatable bonds is 9. The monoisotopic (exact) mass is 326 g/mol. The number of hydrogen-bond donors (Lipinski definition) is 0. The van der Waals surface area contributed by atoms with E-state index in [1.165, 1.54) is 49.7 Å². The lowest BCUT2D eigenvalue weighted by Gasteiger charge is -2.28. The van der Waals surface area contributed by atoms with Crippen molar-refractivity contribution in [2.75, 3.05) is 6.61 Å². The summed E-state index contributed by atoms with van der Waals surface area (Å²) >= 11 is 0. The first-order chi connectivity index (χ1) is 11.8. The summed E-state index contributed by atoms with van der Waals surface area (Å²) in [7, 11) is 0. The summed E-state index contributed by atoms with van der Waals surface area (Å²) in [5.41, 5.74) is 2.80. The highest BCUT2D eigenvalue weighted by Gasteiger charge is 2.21. The molecule has 1 aliphatic rings. The van der Waals surface area contributed by atoms with Gasteiger partial charge in [0.15, 0.2) is 0 Å². The first-order valence-corrected chi connectivity index (χ1v) is 9.80. The van der Waals surface area contributed by atoms with E-state index in [-0.39, 0.29) is 0 Å².